The Hall–Kier alpha value is -0.413. The van der Waals surface area contributed by atoms with E-state index < -0.39 is 8.07 Å². The lowest BCUT2D eigenvalue weighted by atomic mass is 10.4. The molecule has 0 atom stereocenters. The van der Waals surface area contributed by atoms with E-state index in [1.807, 2.05) is 0 Å². The van der Waals surface area contributed by atoms with Gasteiger partial charge in [0.25, 0.3) is 0 Å². The Kier molecular flexibility index (Phi) is 6.75. The Labute approximate surface area is 88.4 Å². The lowest BCUT2D eigenvalue weighted by molar-refractivity contribution is -0.105. The van der Waals surface area contributed by atoms with Gasteiger partial charge in [0, 0.05) is 12.7 Å². The number of aldehydes is 1. The Morgan fingerprint density at radius 1 is 1.21 bits per heavy atom. The van der Waals surface area contributed by atoms with Gasteiger partial charge in [0.1, 0.15) is 6.29 Å². The van der Waals surface area contributed by atoms with Crippen molar-refractivity contribution in [2.24, 2.45) is 0 Å². The molecular formula is C11H22O2Si. The number of hydrogen-bond donors (Lipinski definition) is 0. The third kappa shape index (κ3) is 3.76. The van der Waals surface area contributed by atoms with Crippen LogP contribution in [0.2, 0.25) is 18.1 Å². The van der Waals surface area contributed by atoms with Crippen LogP contribution in [0.5, 0.6) is 0 Å². The number of methoxy groups -OCH3 is 1. The second-order valence-corrected chi connectivity index (χ2v) is 8.83. The molecule has 0 heterocycles. The first kappa shape index (κ1) is 13.6. The molecule has 0 aromatic heterocycles. The number of ether oxygens (including phenoxy) is 1. The van der Waals surface area contributed by atoms with E-state index in [0.29, 0.717) is 6.61 Å². The molecule has 0 unspecified atom stereocenters. The summed E-state index contributed by atoms with van der Waals surface area (Å²) in [7, 11) is 0.317. The minimum atomic E-state index is -1.31. The maximum absolute atomic E-state index is 10.8. The quantitative estimate of drug-likeness (QED) is 0.370. The van der Waals surface area contributed by atoms with Gasteiger partial charge in [-0.25, -0.2) is 0 Å². The Morgan fingerprint density at radius 2 is 1.71 bits per heavy atom. The predicted octanol–water partition coefficient (Wildman–Crippen LogP) is 2.81. The normalized spacial score (nSPS) is 13.0. The van der Waals surface area contributed by atoms with Gasteiger partial charge in [-0.3, -0.25) is 4.79 Å². The molecule has 0 saturated heterocycles. The molecule has 0 aliphatic rings. The summed E-state index contributed by atoms with van der Waals surface area (Å²) < 4.78 is 5.00. The number of carbonyl (C=O) groups is 1. The molecule has 0 fully saturated rings. The highest BCUT2D eigenvalue weighted by Gasteiger charge is 2.24. The summed E-state index contributed by atoms with van der Waals surface area (Å²) in [5.41, 5.74) is 3.05. The Bertz CT molecular complexity index is 187. The standard InChI is InChI=1S/C11H22O2Si/c1-5-14(6-2,7-3)10-11(8-12)9-13-4/h8,10H,5-7,9H2,1-4H3/b11-10+. The number of hydrogen-bond acceptors (Lipinski definition) is 2. The van der Waals surface area contributed by atoms with Crippen molar-refractivity contribution in [1.82, 2.24) is 0 Å². The van der Waals surface area contributed by atoms with E-state index in [2.05, 4.69) is 26.5 Å². The van der Waals surface area contributed by atoms with Crippen molar-refractivity contribution >= 4 is 14.4 Å². The maximum Gasteiger partial charge on any atom is 0.147 e. The van der Waals surface area contributed by atoms with Crippen molar-refractivity contribution in [3.63, 3.8) is 0 Å². The second kappa shape index (κ2) is 6.96. The molecule has 0 bridgehead atoms. The maximum atomic E-state index is 10.8. The van der Waals surface area contributed by atoms with Gasteiger partial charge in [-0.1, -0.05) is 44.6 Å². The molecule has 2 nitrogen and oxygen atoms in total. The minimum Gasteiger partial charge on any atom is -0.380 e. The molecule has 0 spiro atoms. The average Bonchev–Trinajstić information content (AvgIpc) is 2.25. The Morgan fingerprint density at radius 3 is 2.00 bits per heavy atom. The highest BCUT2D eigenvalue weighted by atomic mass is 28.3. The lowest BCUT2D eigenvalue weighted by Gasteiger charge is -2.24. The highest BCUT2D eigenvalue weighted by Crippen LogP contribution is 2.22. The SMILES string of the molecule is CC[Si](/C=C(\C=O)COC)(CC)CC. The molecule has 0 N–H and O–H groups in total. The van der Waals surface area contributed by atoms with Crippen molar-refractivity contribution in [1.29, 1.82) is 0 Å². The molecule has 0 saturated carbocycles. The van der Waals surface area contributed by atoms with Crippen LogP contribution in [-0.4, -0.2) is 28.1 Å². The molecule has 0 aromatic rings. The summed E-state index contributed by atoms with van der Waals surface area (Å²) in [4.78, 5) is 10.8. The molecule has 0 amide bonds. The zero-order valence-corrected chi connectivity index (χ0v) is 10.8. The summed E-state index contributed by atoms with van der Waals surface area (Å²) in [5.74, 6) is 0. The van der Waals surface area contributed by atoms with E-state index in [1.165, 1.54) is 18.1 Å². The molecule has 0 aliphatic carbocycles. The molecule has 0 aromatic carbocycles. The lowest BCUT2D eigenvalue weighted by Crippen LogP contribution is -2.30. The minimum absolute atomic E-state index is 0.457. The van der Waals surface area contributed by atoms with Crippen LogP contribution in [0.15, 0.2) is 11.3 Å². The largest absolute Gasteiger partial charge is 0.380 e. The van der Waals surface area contributed by atoms with E-state index in [9.17, 15) is 4.79 Å². The average molecular weight is 214 g/mol. The number of carbonyl (C=O) groups excluding carboxylic acids is 1. The van der Waals surface area contributed by atoms with Gasteiger partial charge in [-0.05, 0) is 0 Å². The van der Waals surface area contributed by atoms with Crippen LogP contribution in [0, 0.1) is 0 Å². The molecule has 14 heavy (non-hydrogen) atoms. The summed E-state index contributed by atoms with van der Waals surface area (Å²) in [6.07, 6.45) is 0.937. The predicted molar refractivity (Wildman–Crippen MR) is 63.2 cm³/mol. The van der Waals surface area contributed by atoms with Gasteiger partial charge >= 0.3 is 0 Å². The third-order valence-electron chi connectivity index (χ3n) is 3.07. The van der Waals surface area contributed by atoms with Crippen LogP contribution in [0.4, 0.5) is 0 Å². The van der Waals surface area contributed by atoms with Crippen LogP contribution >= 0.6 is 0 Å². The molecule has 3 heteroatoms. The van der Waals surface area contributed by atoms with E-state index in [4.69, 9.17) is 4.74 Å². The van der Waals surface area contributed by atoms with Crippen molar-refractivity contribution in [2.75, 3.05) is 13.7 Å². The molecular weight excluding hydrogens is 192 g/mol. The Balaban J connectivity index is 4.73. The summed E-state index contributed by atoms with van der Waals surface area (Å²) in [6, 6.07) is 3.63. The van der Waals surface area contributed by atoms with Crippen molar-refractivity contribution in [3.05, 3.63) is 11.3 Å². The van der Waals surface area contributed by atoms with Crippen LogP contribution in [-0.2, 0) is 9.53 Å². The molecule has 82 valence electrons. The summed E-state index contributed by atoms with van der Waals surface area (Å²) in [6.45, 7) is 7.14. The van der Waals surface area contributed by atoms with Gasteiger partial charge in [-0.2, -0.15) is 0 Å². The third-order valence-corrected chi connectivity index (χ3v) is 8.27. The van der Waals surface area contributed by atoms with E-state index in [1.54, 1.807) is 7.11 Å². The summed E-state index contributed by atoms with van der Waals surface area (Å²) in [5, 5.41) is 0. The van der Waals surface area contributed by atoms with Crippen molar-refractivity contribution < 1.29 is 9.53 Å². The zero-order chi connectivity index (χ0) is 11.0. The van der Waals surface area contributed by atoms with Crippen molar-refractivity contribution in [2.45, 2.75) is 38.9 Å². The van der Waals surface area contributed by atoms with Gasteiger partial charge < -0.3 is 4.74 Å². The van der Waals surface area contributed by atoms with Crippen LogP contribution in [0.3, 0.4) is 0 Å². The van der Waals surface area contributed by atoms with Gasteiger partial charge in [0.05, 0.1) is 14.7 Å². The fourth-order valence-electron chi connectivity index (χ4n) is 1.73. The molecule has 0 radical (unpaired) electrons. The van der Waals surface area contributed by atoms with E-state index in [-0.39, 0.29) is 0 Å². The van der Waals surface area contributed by atoms with Gasteiger partial charge in [0.2, 0.25) is 0 Å². The summed E-state index contributed by atoms with van der Waals surface area (Å²) >= 11 is 0. The number of rotatable bonds is 7. The van der Waals surface area contributed by atoms with E-state index >= 15 is 0 Å². The van der Waals surface area contributed by atoms with Gasteiger partial charge in [-0.15, -0.1) is 0 Å². The van der Waals surface area contributed by atoms with Crippen LogP contribution in [0.1, 0.15) is 20.8 Å². The van der Waals surface area contributed by atoms with Gasteiger partial charge in [0.15, 0.2) is 0 Å². The fraction of sp³-hybridized carbons (Fsp3) is 0.727. The highest BCUT2D eigenvalue weighted by molar-refractivity contribution is 6.84. The van der Waals surface area contributed by atoms with Crippen LogP contribution < -0.4 is 0 Å². The smallest absolute Gasteiger partial charge is 0.147 e. The molecule has 0 rings (SSSR count). The topological polar surface area (TPSA) is 26.3 Å². The van der Waals surface area contributed by atoms with Crippen molar-refractivity contribution in [3.8, 4) is 0 Å². The first-order valence-corrected chi connectivity index (χ1v) is 8.03. The zero-order valence-electron chi connectivity index (χ0n) is 9.80. The monoisotopic (exact) mass is 214 g/mol. The van der Waals surface area contributed by atoms with E-state index in [0.717, 1.165) is 11.9 Å². The second-order valence-electron chi connectivity index (χ2n) is 3.69. The first-order valence-electron chi connectivity index (χ1n) is 5.33. The molecule has 0 aliphatic heterocycles. The first-order chi connectivity index (χ1) is 6.67. The fourth-order valence-corrected chi connectivity index (χ4v) is 4.78. The van der Waals surface area contributed by atoms with Crippen LogP contribution in [0.25, 0.3) is 0 Å².